The summed E-state index contributed by atoms with van der Waals surface area (Å²) in [7, 11) is 0. The van der Waals surface area contributed by atoms with E-state index in [1.807, 2.05) is 53.7 Å². The fourth-order valence-electron chi connectivity index (χ4n) is 4.95. The molecule has 1 aromatic heterocycles. The number of halogens is 2. The minimum absolute atomic E-state index is 0.0324. The molecular weight excluding hydrogens is 541 g/mol. The molecule has 4 N–H and O–H groups in total. The topological polar surface area (TPSA) is 88.0 Å². The number of anilines is 2. The molecule has 0 bridgehead atoms. The van der Waals surface area contributed by atoms with Crippen molar-refractivity contribution in [3.63, 3.8) is 0 Å². The summed E-state index contributed by atoms with van der Waals surface area (Å²) in [5.41, 5.74) is 10.8. The smallest absolute Gasteiger partial charge is 0.103 e. The van der Waals surface area contributed by atoms with Crippen LogP contribution in [0.1, 0.15) is 56.3 Å². The first kappa shape index (κ1) is 25.0. The first-order valence-corrected chi connectivity index (χ1v) is 14.1. The number of rotatable bonds is 9. The van der Waals surface area contributed by atoms with Crippen LogP contribution in [0, 0.1) is 11.3 Å². The molecular formula is C31H29Cl2N7. The van der Waals surface area contributed by atoms with Gasteiger partial charge >= 0.3 is 0 Å². The fourth-order valence-corrected chi connectivity index (χ4v) is 5.44. The molecule has 7 nitrogen and oxygen atoms in total. The molecule has 0 radical (unpaired) electrons. The predicted octanol–water partition coefficient (Wildman–Crippen LogP) is 7.46. The van der Waals surface area contributed by atoms with Gasteiger partial charge in [-0.25, -0.2) is 0 Å². The van der Waals surface area contributed by atoms with Crippen LogP contribution in [0.5, 0.6) is 0 Å². The van der Waals surface area contributed by atoms with Gasteiger partial charge in [0.25, 0.3) is 0 Å². The number of fused-ring (bicyclic) bond motifs is 1. The average Bonchev–Trinajstić information content (AvgIpc) is 3.71. The van der Waals surface area contributed by atoms with E-state index in [0.717, 1.165) is 24.8 Å². The molecule has 202 valence electrons. The minimum atomic E-state index is -1.49. The van der Waals surface area contributed by atoms with Crippen LogP contribution in [0.15, 0.2) is 84.8 Å². The Morgan fingerprint density at radius 3 is 2.60 bits per heavy atom. The van der Waals surface area contributed by atoms with Crippen molar-refractivity contribution < 1.29 is 1.37 Å². The second kappa shape index (κ2) is 11.3. The Kier molecular flexibility index (Phi) is 7.05. The van der Waals surface area contributed by atoms with Crippen molar-refractivity contribution in [2.45, 2.75) is 44.3 Å². The number of nitrogens with one attached hydrogen (secondary N) is 4. The second-order valence-corrected chi connectivity index (χ2v) is 10.7. The zero-order valence-electron chi connectivity index (χ0n) is 22.9. The van der Waals surface area contributed by atoms with Gasteiger partial charge in [0.05, 0.1) is 40.9 Å². The largest absolute Gasteiger partial charge is 0.377 e. The van der Waals surface area contributed by atoms with Crippen LogP contribution in [-0.4, -0.2) is 16.0 Å². The predicted molar refractivity (Wildman–Crippen MR) is 162 cm³/mol. The summed E-state index contributed by atoms with van der Waals surface area (Å²) in [6.45, 7) is 2.10. The summed E-state index contributed by atoms with van der Waals surface area (Å²) < 4.78 is 9.73. The number of pyridine rings is 1. The molecule has 3 aromatic carbocycles. The van der Waals surface area contributed by atoms with E-state index in [1.54, 1.807) is 18.3 Å². The van der Waals surface area contributed by atoms with Crippen molar-refractivity contribution in [1.82, 2.24) is 21.0 Å². The first-order valence-electron chi connectivity index (χ1n) is 13.8. The van der Waals surface area contributed by atoms with Crippen LogP contribution in [0.2, 0.25) is 10.0 Å². The molecule has 0 saturated heterocycles. The van der Waals surface area contributed by atoms with E-state index in [-0.39, 0.29) is 6.04 Å². The Labute approximate surface area is 245 Å². The highest BCUT2D eigenvalue weighted by molar-refractivity contribution is 6.36. The van der Waals surface area contributed by atoms with Crippen molar-refractivity contribution in [2.24, 2.45) is 0 Å². The number of aromatic nitrogens is 1. The monoisotopic (exact) mass is 570 g/mol. The van der Waals surface area contributed by atoms with E-state index < -0.39 is 6.02 Å². The van der Waals surface area contributed by atoms with Crippen LogP contribution in [0.3, 0.4) is 0 Å². The number of hydrogen-bond acceptors (Lipinski definition) is 7. The molecule has 2 heterocycles. The highest BCUT2D eigenvalue weighted by atomic mass is 35.5. The van der Waals surface area contributed by atoms with E-state index >= 15 is 0 Å². The van der Waals surface area contributed by atoms with Crippen molar-refractivity contribution in [3.05, 3.63) is 112 Å². The third-order valence-corrected chi connectivity index (χ3v) is 7.80. The van der Waals surface area contributed by atoms with Crippen LogP contribution in [0.25, 0.3) is 10.9 Å². The number of hydrogen-bond donors (Lipinski definition) is 4. The zero-order chi connectivity index (χ0) is 28.6. The molecule has 1 fully saturated rings. The van der Waals surface area contributed by atoms with Gasteiger partial charge in [0.15, 0.2) is 0 Å². The van der Waals surface area contributed by atoms with Gasteiger partial charge in [0.1, 0.15) is 6.07 Å². The number of hydrazine groups is 2. The molecule has 0 amide bonds. The summed E-state index contributed by atoms with van der Waals surface area (Å²) in [5.74, 6) is 0. The van der Waals surface area contributed by atoms with Crippen molar-refractivity contribution in [3.8, 4) is 6.07 Å². The summed E-state index contributed by atoms with van der Waals surface area (Å²) in [4.78, 5) is 4.51. The average molecular weight is 572 g/mol. The lowest BCUT2D eigenvalue weighted by molar-refractivity contribution is 0.260. The van der Waals surface area contributed by atoms with Crippen molar-refractivity contribution in [2.75, 3.05) is 10.6 Å². The fraction of sp³-hybridized carbons (Fsp3) is 0.226. The molecule has 1 unspecified atom stereocenters. The van der Waals surface area contributed by atoms with Gasteiger partial charge in [0.2, 0.25) is 0 Å². The maximum atomic E-state index is 10.0. The maximum Gasteiger partial charge on any atom is 0.103 e. The number of benzene rings is 3. The third kappa shape index (κ3) is 5.26. The summed E-state index contributed by atoms with van der Waals surface area (Å²) in [6.07, 6.45) is 6.45. The maximum absolute atomic E-state index is 10.0. The SMILES string of the molecule is [2H]C(Nc1cc(Cl)c2ncc(C#N)c(N[C@H](CC)c3ccccc3)c2c1)(C1=CN(C2CC2)NN1)c1ccccc1Cl. The molecule has 2 atom stereocenters. The Balaban J connectivity index is 1.45. The van der Waals surface area contributed by atoms with Crippen molar-refractivity contribution >= 4 is 45.5 Å². The van der Waals surface area contributed by atoms with E-state index in [1.165, 1.54) is 0 Å². The van der Waals surface area contributed by atoms with E-state index in [0.29, 0.717) is 55.2 Å². The molecule has 2 aliphatic rings. The summed E-state index contributed by atoms with van der Waals surface area (Å²) >= 11 is 13.5. The summed E-state index contributed by atoms with van der Waals surface area (Å²) in [5, 5.41) is 20.5. The normalized spacial score (nSPS) is 17.3. The van der Waals surface area contributed by atoms with Gasteiger partial charge in [-0.1, -0.05) is 78.7 Å². The lowest BCUT2D eigenvalue weighted by Gasteiger charge is -2.24. The molecule has 1 saturated carbocycles. The van der Waals surface area contributed by atoms with Crippen LogP contribution >= 0.6 is 23.2 Å². The highest BCUT2D eigenvalue weighted by Crippen LogP contribution is 2.39. The van der Waals surface area contributed by atoms with Gasteiger partial charge in [-0.15, -0.1) is 5.53 Å². The van der Waals surface area contributed by atoms with E-state index in [2.05, 4.69) is 51.7 Å². The molecule has 6 rings (SSSR count). The van der Waals surface area contributed by atoms with Crippen LogP contribution in [0.4, 0.5) is 11.4 Å². The van der Waals surface area contributed by atoms with E-state index in [4.69, 9.17) is 23.2 Å². The Morgan fingerprint density at radius 1 is 1.10 bits per heavy atom. The van der Waals surface area contributed by atoms with Crippen LogP contribution < -0.4 is 21.6 Å². The van der Waals surface area contributed by atoms with Gasteiger partial charge in [-0.3, -0.25) is 9.99 Å². The molecule has 1 aliphatic heterocycles. The Bertz CT molecular complexity index is 1670. The second-order valence-electron chi connectivity index (χ2n) is 9.93. The molecule has 4 aromatic rings. The molecule has 9 heteroatoms. The molecule has 40 heavy (non-hydrogen) atoms. The lowest BCUT2D eigenvalue weighted by Crippen LogP contribution is -2.38. The number of nitriles is 1. The third-order valence-electron chi connectivity index (χ3n) is 7.18. The molecule has 0 spiro atoms. The van der Waals surface area contributed by atoms with Crippen molar-refractivity contribution in [1.29, 1.82) is 5.26 Å². The lowest BCUT2D eigenvalue weighted by atomic mass is 10.0. The van der Waals surface area contributed by atoms with Gasteiger partial charge in [0, 0.05) is 34.5 Å². The minimum Gasteiger partial charge on any atom is -0.377 e. The quantitative estimate of drug-likeness (QED) is 0.166. The van der Waals surface area contributed by atoms with E-state index in [9.17, 15) is 6.63 Å². The van der Waals surface area contributed by atoms with Gasteiger partial charge in [-0.2, -0.15) is 5.26 Å². The van der Waals surface area contributed by atoms with Gasteiger partial charge < -0.3 is 16.1 Å². The zero-order valence-corrected chi connectivity index (χ0v) is 23.4. The highest BCUT2D eigenvalue weighted by Gasteiger charge is 2.32. The number of nitrogens with zero attached hydrogens (tertiary/aromatic N) is 3. The van der Waals surface area contributed by atoms with Crippen LogP contribution in [-0.2, 0) is 0 Å². The Hall–Kier alpha value is -3.96. The molecule has 1 aliphatic carbocycles. The standard InChI is InChI=1S/C31H29Cl2N7/c1-2-27(19-8-4-3-5-9-19)37-29-20(16-34)17-35-30-24(29)14-21(15-26(30)33)36-31(23-10-6-7-11-25(23)32)28-18-40(39-38-28)22-12-13-22/h3-11,14-15,17-18,22,27,31,36,38-39H,2,12-13H2,1H3,(H,35,37)/t27-,31?/m1/s1/i31D. The van der Waals surface area contributed by atoms with Gasteiger partial charge in [-0.05, 0) is 48.6 Å². The Morgan fingerprint density at radius 2 is 1.88 bits per heavy atom. The first-order chi connectivity index (χ1) is 19.9. The summed E-state index contributed by atoms with van der Waals surface area (Å²) in [6, 6.07) is 22.2.